The molecular formula is C23H22ClNO5. The lowest BCUT2D eigenvalue weighted by atomic mass is 9.92. The standard InChI is InChI=1S/C23H22ClNO5/c1-4-29-22(27)19(23(28)30-5-2)18-16-11-10-14(24)12-17(16)25-20(18)21(26)15-9-7-6-8-13(15)3/h6-12,19,25H,4-5H2,1-3H3. The van der Waals surface area contributed by atoms with Crippen LogP contribution in [0.2, 0.25) is 5.02 Å². The number of aryl methyl sites for hydroxylation is 1. The second-order valence-corrected chi connectivity index (χ2v) is 7.12. The summed E-state index contributed by atoms with van der Waals surface area (Å²) >= 11 is 6.12. The van der Waals surface area contributed by atoms with Crippen molar-refractivity contribution in [1.29, 1.82) is 0 Å². The molecule has 0 amide bonds. The first kappa shape index (κ1) is 21.6. The highest BCUT2D eigenvalue weighted by Gasteiger charge is 2.37. The van der Waals surface area contributed by atoms with E-state index in [1.54, 1.807) is 44.2 Å². The predicted molar refractivity (Wildman–Crippen MR) is 114 cm³/mol. The molecule has 0 aliphatic heterocycles. The Hall–Kier alpha value is -3.12. The predicted octanol–water partition coefficient (Wildman–Crippen LogP) is 4.57. The van der Waals surface area contributed by atoms with Crippen molar-refractivity contribution in [2.24, 2.45) is 0 Å². The van der Waals surface area contributed by atoms with Gasteiger partial charge in [0.1, 0.15) is 0 Å². The van der Waals surface area contributed by atoms with Gasteiger partial charge in [0, 0.05) is 27.1 Å². The molecule has 6 nitrogen and oxygen atoms in total. The van der Waals surface area contributed by atoms with Gasteiger partial charge >= 0.3 is 11.9 Å². The molecule has 0 aliphatic carbocycles. The summed E-state index contributed by atoms with van der Waals surface area (Å²) in [5.41, 5.74) is 2.13. The van der Waals surface area contributed by atoms with Crippen molar-refractivity contribution in [2.75, 3.05) is 13.2 Å². The Balaban J connectivity index is 2.28. The lowest BCUT2D eigenvalue weighted by molar-refractivity contribution is -0.156. The van der Waals surface area contributed by atoms with Gasteiger partial charge in [-0.05, 0) is 38.5 Å². The lowest BCUT2D eigenvalue weighted by Crippen LogP contribution is -2.27. The number of fused-ring (bicyclic) bond motifs is 1. The number of benzene rings is 2. The molecule has 0 bridgehead atoms. The number of carbonyl (C=O) groups excluding carboxylic acids is 3. The summed E-state index contributed by atoms with van der Waals surface area (Å²) in [6.07, 6.45) is 0. The fraction of sp³-hybridized carbons (Fsp3) is 0.261. The maximum atomic E-state index is 13.4. The maximum absolute atomic E-state index is 13.4. The van der Waals surface area contributed by atoms with E-state index in [1.807, 2.05) is 19.1 Å². The molecule has 0 radical (unpaired) electrons. The zero-order valence-electron chi connectivity index (χ0n) is 17.0. The second-order valence-electron chi connectivity index (χ2n) is 6.68. The highest BCUT2D eigenvalue weighted by Crippen LogP contribution is 2.34. The van der Waals surface area contributed by atoms with E-state index in [4.69, 9.17) is 21.1 Å². The van der Waals surface area contributed by atoms with Gasteiger partial charge in [0.25, 0.3) is 0 Å². The van der Waals surface area contributed by atoms with E-state index in [2.05, 4.69) is 4.98 Å². The minimum absolute atomic E-state index is 0.0873. The first-order valence-corrected chi connectivity index (χ1v) is 10.0. The van der Waals surface area contributed by atoms with E-state index in [0.717, 1.165) is 5.56 Å². The van der Waals surface area contributed by atoms with Gasteiger partial charge in [0.05, 0.1) is 18.9 Å². The van der Waals surface area contributed by atoms with E-state index < -0.39 is 17.9 Å². The average Bonchev–Trinajstić information content (AvgIpc) is 3.06. The van der Waals surface area contributed by atoms with Crippen molar-refractivity contribution in [3.63, 3.8) is 0 Å². The van der Waals surface area contributed by atoms with Crippen molar-refractivity contribution in [1.82, 2.24) is 4.98 Å². The van der Waals surface area contributed by atoms with Crippen LogP contribution in [0.15, 0.2) is 42.5 Å². The number of esters is 2. The van der Waals surface area contributed by atoms with Gasteiger partial charge < -0.3 is 14.5 Å². The number of halogens is 1. The number of hydrogen-bond donors (Lipinski definition) is 1. The molecule has 7 heteroatoms. The zero-order chi connectivity index (χ0) is 21.8. The molecule has 3 rings (SSSR count). The van der Waals surface area contributed by atoms with Crippen LogP contribution in [-0.4, -0.2) is 35.9 Å². The van der Waals surface area contributed by atoms with Crippen LogP contribution < -0.4 is 0 Å². The van der Waals surface area contributed by atoms with Crippen LogP contribution in [-0.2, 0) is 19.1 Å². The molecule has 0 atom stereocenters. The summed E-state index contributed by atoms with van der Waals surface area (Å²) in [7, 11) is 0. The molecular weight excluding hydrogens is 406 g/mol. The third-order valence-corrected chi connectivity index (χ3v) is 4.99. The summed E-state index contributed by atoms with van der Waals surface area (Å²) < 4.78 is 10.3. The van der Waals surface area contributed by atoms with E-state index in [0.29, 0.717) is 21.5 Å². The van der Waals surface area contributed by atoms with Crippen molar-refractivity contribution in [3.8, 4) is 0 Å². The maximum Gasteiger partial charge on any atom is 0.324 e. The number of ether oxygens (including phenoxy) is 2. The molecule has 0 spiro atoms. The molecule has 30 heavy (non-hydrogen) atoms. The number of H-pyrrole nitrogens is 1. The Kier molecular flexibility index (Phi) is 6.57. The first-order valence-electron chi connectivity index (χ1n) is 9.63. The average molecular weight is 428 g/mol. The van der Waals surface area contributed by atoms with E-state index >= 15 is 0 Å². The third kappa shape index (κ3) is 4.09. The van der Waals surface area contributed by atoms with E-state index in [-0.39, 0.29) is 30.3 Å². The van der Waals surface area contributed by atoms with Crippen molar-refractivity contribution >= 4 is 40.2 Å². The highest BCUT2D eigenvalue weighted by atomic mass is 35.5. The Bertz CT molecular complexity index is 1100. The minimum atomic E-state index is -1.40. The van der Waals surface area contributed by atoms with Gasteiger partial charge in [0.15, 0.2) is 5.92 Å². The number of nitrogens with one attached hydrogen (secondary N) is 1. The highest BCUT2D eigenvalue weighted by molar-refractivity contribution is 6.31. The molecule has 1 N–H and O–H groups in total. The van der Waals surface area contributed by atoms with Crippen LogP contribution in [0.4, 0.5) is 0 Å². The van der Waals surface area contributed by atoms with Crippen LogP contribution in [0.3, 0.4) is 0 Å². The van der Waals surface area contributed by atoms with Crippen molar-refractivity contribution in [2.45, 2.75) is 26.7 Å². The molecule has 0 unspecified atom stereocenters. The molecule has 1 aromatic heterocycles. The van der Waals surface area contributed by atoms with Crippen molar-refractivity contribution < 1.29 is 23.9 Å². The van der Waals surface area contributed by atoms with Crippen LogP contribution >= 0.6 is 11.6 Å². The van der Waals surface area contributed by atoms with Gasteiger partial charge in [-0.15, -0.1) is 0 Å². The number of aromatic amines is 1. The molecule has 0 saturated carbocycles. The molecule has 156 valence electrons. The second kappa shape index (κ2) is 9.13. The van der Waals surface area contributed by atoms with Gasteiger partial charge in [0.2, 0.25) is 5.78 Å². The zero-order valence-corrected chi connectivity index (χ0v) is 17.7. The molecule has 0 aliphatic rings. The minimum Gasteiger partial charge on any atom is -0.465 e. The number of carbonyl (C=O) groups is 3. The summed E-state index contributed by atoms with van der Waals surface area (Å²) in [6, 6.07) is 12.1. The molecule has 0 fully saturated rings. The smallest absolute Gasteiger partial charge is 0.324 e. The van der Waals surface area contributed by atoms with E-state index in [9.17, 15) is 14.4 Å². The Morgan fingerprint density at radius 3 is 2.23 bits per heavy atom. The van der Waals surface area contributed by atoms with Crippen LogP contribution in [0, 0.1) is 6.92 Å². The summed E-state index contributed by atoms with van der Waals surface area (Å²) in [4.78, 5) is 42.0. The van der Waals surface area contributed by atoms with Gasteiger partial charge in [-0.3, -0.25) is 14.4 Å². The third-order valence-electron chi connectivity index (χ3n) is 4.75. The topological polar surface area (TPSA) is 85.5 Å². The normalized spacial score (nSPS) is 11.0. The molecule has 3 aromatic rings. The monoisotopic (exact) mass is 427 g/mol. The number of ketones is 1. The molecule has 1 heterocycles. The molecule has 2 aromatic carbocycles. The number of hydrogen-bond acceptors (Lipinski definition) is 5. The van der Waals surface area contributed by atoms with Crippen LogP contribution in [0.1, 0.15) is 46.9 Å². The number of aromatic nitrogens is 1. The van der Waals surface area contributed by atoms with Crippen molar-refractivity contribution in [3.05, 3.63) is 69.9 Å². The Labute approximate surface area is 179 Å². The largest absolute Gasteiger partial charge is 0.465 e. The van der Waals surface area contributed by atoms with E-state index in [1.165, 1.54) is 0 Å². The fourth-order valence-electron chi connectivity index (χ4n) is 3.42. The quantitative estimate of drug-likeness (QED) is 0.339. The van der Waals surface area contributed by atoms with Crippen LogP contribution in [0.25, 0.3) is 10.9 Å². The van der Waals surface area contributed by atoms with Gasteiger partial charge in [-0.2, -0.15) is 0 Å². The molecule has 0 saturated heterocycles. The van der Waals surface area contributed by atoms with Gasteiger partial charge in [-0.25, -0.2) is 0 Å². The Morgan fingerprint density at radius 1 is 1.00 bits per heavy atom. The summed E-state index contributed by atoms with van der Waals surface area (Å²) in [5.74, 6) is -3.28. The van der Waals surface area contributed by atoms with Gasteiger partial charge in [-0.1, -0.05) is 41.9 Å². The lowest BCUT2D eigenvalue weighted by Gasteiger charge is -2.16. The SMILES string of the molecule is CCOC(=O)C(C(=O)OCC)c1c(C(=O)c2ccccc2C)[nH]c2cc(Cl)ccc12. The fourth-order valence-corrected chi connectivity index (χ4v) is 3.59. The Morgan fingerprint density at radius 2 is 1.63 bits per heavy atom. The first-order chi connectivity index (χ1) is 14.4. The number of rotatable bonds is 7. The summed E-state index contributed by atoms with van der Waals surface area (Å²) in [5, 5.41) is 0.983. The summed E-state index contributed by atoms with van der Waals surface area (Å²) in [6.45, 7) is 5.29. The van der Waals surface area contributed by atoms with Crippen LogP contribution in [0.5, 0.6) is 0 Å².